The van der Waals surface area contributed by atoms with Gasteiger partial charge in [0.15, 0.2) is 0 Å². The molecular formula is C17H22N2O2S. The molecule has 1 saturated carbocycles. The fraction of sp³-hybridized carbons (Fsp3) is 0.471. The van der Waals surface area contributed by atoms with Crippen LogP contribution in [0.15, 0.2) is 41.3 Å². The molecule has 4 nitrogen and oxygen atoms in total. The normalized spacial score (nSPS) is 17.0. The zero-order valence-corrected chi connectivity index (χ0v) is 13.5. The zero-order valence-electron chi connectivity index (χ0n) is 12.6. The van der Waals surface area contributed by atoms with Crippen molar-refractivity contribution in [3.8, 4) is 5.88 Å². The topological polar surface area (TPSA) is 47.2 Å². The number of nitrogens with zero attached hydrogens (tertiary/aromatic N) is 2. The van der Waals surface area contributed by atoms with Gasteiger partial charge in [0, 0.05) is 11.8 Å². The van der Waals surface area contributed by atoms with E-state index < -0.39 is 0 Å². The van der Waals surface area contributed by atoms with Gasteiger partial charge in [-0.2, -0.15) is 12.6 Å². The van der Waals surface area contributed by atoms with Gasteiger partial charge >= 0.3 is 5.69 Å². The Balaban J connectivity index is 1.90. The van der Waals surface area contributed by atoms with Gasteiger partial charge in [-0.1, -0.05) is 43.2 Å². The molecule has 0 radical (unpaired) electrons. The Morgan fingerprint density at radius 3 is 2.55 bits per heavy atom. The molecule has 0 amide bonds. The van der Waals surface area contributed by atoms with Crippen LogP contribution >= 0.6 is 12.6 Å². The van der Waals surface area contributed by atoms with Gasteiger partial charge in [0.05, 0.1) is 12.2 Å². The van der Waals surface area contributed by atoms with Crippen molar-refractivity contribution in [2.24, 2.45) is 0 Å². The molecule has 2 aromatic rings. The van der Waals surface area contributed by atoms with E-state index in [0.29, 0.717) is 12.2 Å². The summed E-state index contributed by atoms with van der Waals surface area (Å²) in [5.41, 5.74) is 1.03. The summed E-state index contributed by atoms with van der Waals surface area (Å²) in [6, 6.07) is 10.1. The van der Waals surface area contributed by atoms with Crippen molar-refractivity contribution in [1.29, 1.82) is 0 Å². The molecule has 0 spiro atoms. The first-order valence-electron chi connectivity index (χ1n) is 7.88. The molecule has 0 bridgehead atoms. The molecule has 1 atom stereocenters. The van der Waals surface area contributed by atoms with Gasteiger partial charge in [0.1, 0.15) is 0 Å². The lowest BCUT2D eigenvalue weighted by atomic mass is 10.1. The third-order valence-electron chi connectivity index (χ3n) is 4.54. The van der Waals surface area contributed by atoms with E-state index in [0.717, 1.165) is 31.2 Å². The summed E-state index contributed by atoms with van der Waals surface area (Å²) < 4.78 is 3.21. The standard InChI is InChI=1S/C17H22N2O2S/c20-16-11-18(14-8-4-5-9-14)17(21)19(16)15(12-22)10-13-6-2-1-3-7-13/h1-3,6-7,11,14-15,20,22H,4-5,8-10,12H2. The molecule has 1 unspecified atom stereocenters. The number of hydrogen-bond acceptors (Lipinski definition) is 3. The molecule has 0 aliphatic heterocycles. The van der Waals surface area contributed by atoms with Crippen molar-refractivity contribution in [2.45, 2.75) is 44.2 Å². The number of thiol groups is 1. The summed E-state index contributed by atoms with van der Waals surface area (Å²) in [6.45, 7) is 0. The van der Waals surface area contributed by atoms with Crippen LogP contribution in [-0.2, 0) is 6.42 Å². The number of benzene rings is 1. The van der Waals surface area contributed by atoms with Crippen molar-refractivity contribution >= 4 is 12.6 Å². The molecule has 22 heavy (non-hydrogen) atoms. The van der Waals surface area contributed by atoms with Crippen molar-refractivity contribution < 1.29 is 5.11 Å². The lowest BCUT2D eigenvalue weighted by molar-refractivity contribution is 0.385. The Labute approximate surface area is 135 Å². The summed E-state index contributed by atoms with van der Waals surface area (Å²) in [6.07, 6.45) is 6.64. The SMILES string of the molecule is O=c1n(C2CCCC2)cc(O)n1C(CS)Cc1ccccc1. The predicted octanol–water partition coefficient (Wildman–Crippen LogP) is 3.18. The Hall–Kier alpha value is -1.62. The van der Waals surface area contributed by atoms with Gasteiger partial charge in [-0.3, -0.25) is 9.13 Å². The summed E-state index contributed by atoms with van der Waals surface area (Å²) in [4.78, 5) is 12.7. The molecule has 118 valence electrons. The highest BCUT2D eigenvalue weighted by Crippen LogP contribution is 2.30. The average Bonchev–Trinajstić information content (AvgIpc) is 3.15. The number of rotatable bonds is 5. The minimum atomic E-state index is -0.138. The summed E-state index contributed by atoms with van der Waals surface area (Å²) in [5, 5.41) is 10.3. The second-order valence-electron chi connectivity index (χ2n) is 6.01. The van der Waals surface area contributed by atoms with Gasteiger partial charge in [-0.25, -0.2) is 4.79 Å². The van der Waals surface area contributed by atoms with Crippen LogP contribution in [0.3, 0.4) is 0 Å². The van der Waals surface area contributed by atoms with E-state index in [-0.39, 0.29) is 23.7 Å². The third-order valence-corrected chi connectivity index (χ3v) is 4.96. The second-order valence-corrected chi connectivity index (χ2v) is 6.38. The lowest BCUT2D eigenvalue weighted by Gasteiger charge is -2.16. The highest BCUT2D eigenvalue weighted by molar-refractivity contribution is 7.80. The van der Waals surface area contributed by atoms with Crippen molar-refractivity contribution in [3.63, 3.8) is 0 Å². The molecule has 1 fully saturated rings. The maximum absolute atomic E-state index is 12.7. The number of aromatic hydroxyl groups is 1. The Bertz CT molecular complexity index is 672. The van der Waals surface area contributed by atoms with Crippen LogP contribution in [0.4, 0.5) is 0 Å². The number of imidazole rings is 1. The van der Waals surface area contributed by atoms with Crippen LogP contribution in [-0.4, -0.2) is 20.0 Å². The average molecular weight is 318 g/mol. The largest absolute Gasteiger partial charge is 0.493 e. The van der Waals surface area contributed by atoms with Gasteiger partial charge < -0.3 is 5.11 Å². The Kier molecular flexibility index (Phi) is 4.62. The molecule has 3 rings (SSSR count). The maximum Gasteiger partial charge on any atom is 0.331 e. The van der Waals surface area contributed by atoms with Gasteiger partial charge in [-0.15, -0.1) is 0 Å². The molecule has 1 aliphatic rings. The number of aromatic nitrogens is 2. The molecule has 1 aromatic carbocycles. The summed E-state index contributed by atoms with van der Waals surface area (Å²) in [5.74, 6) is 0.559. The number of hydrogen-bond donors (Lipinski definition) is 2. The second kappa shape index (κ2) is 6.65. The molecular weight excluding hydrogens is 296 g/mol. The van der Waals surface area contributed by atoms with Gasteiger partial charge in [-0.05, 0) is 24.8 Å². The van der Waals surface area contributed by atoms with Crippen molar-refractivity contribution in [3.05, 3.63) is 52.6 Å². The first-order chi connectivity index (χ1) is 10.7. The van der Waals surface area contributed by atoms with E-state index in [1.54, 1.807) is 10.8 Å². The minimum Gasteiger partial charge on any atom is -0.493 e. The first-order valence-corrected chi connectivity index (χ1v) is 8.51. The quantitative estimate of drug-likeness (QED) is 0.832. The summed E-state index contributed by atoms with van der Waals surface area (Å²) in [7, 11) is 0. The Morgan fingerprint density at radius 2 is 1.91 bits per heavy atom. The molecule has 1 N–H and O–H groups in total. The zero-order chi connectivity index (χ0) is 15.5. The van der Waals surface area contributed by atoms with E-state index in [2.05, 4.69) is 12.6 Å². The first kappa shape index (κ1) is 15.3. The van der Waals surface area contributed by atoms with E-state index >= 15 is 0 Å². The molecule has 1 aliphatic carbocycles. The Morgan fingerprint density at radius 1 is 1.23 bits per heavy atom. The monoisotopic (exact) mass is 318 g/mol. The molecule has 1 aromatic heterocycles. The van der Waals surface area contributed by atoms with Crippen molar-refractivity contribution in [1.82, 2.24) is 9.13 Å². The maximum atomic E-state index is 12.7. The van der Waals surface area contributed by atoms with Crippen LogP contribution in [0.25, 0.3) is 0 Å². The van der Waals surface area contributed by atoms with Gasteiger partial charge in [0.2, 0.25) is 5.88 Å². The summed E-state index contributed by atoms with van der Waals surface area (Å²) >= 11 is 4.39. The van der Waals surface area contributed by atoms with Crippen LogP contribution in [0.5, 0.6) is 5.88 Å². The third kappa shape index (κ3) is 2.95. The smallest absolute Gasteiger partial charge is 0.331 e. The molecule has 5 heteroatoms. The van der Waals surface area contributed by atoms with Crippen LogP contribution < -0.4 is 5.69 Å². The fourth-order valence-electron chi connectivity index (χ4n) is 3.38. The van der Waals surface area contributed by atoms with E-state index in [1.807, 2.05) is 30.3 Å². The van der Waals surface area contributed by atoms with E-state index in [4.69, 9.17) is 0 Å². The van der Waals surface area contributed by atoms with Crippen LogP contribution in [0.1, 0.15) is 43.3 Å². The van der Waals surface area contributed by atoms with Crippen LogP contribution in [0.2, 0.25) is 0 Å². The van der Waals surface area contributed by atoms with E-state index in [9.17, 15) is 9.90 Å². The highest BCUT2D eigenvalue weighted by Gasteiger charge is 2.24. The van der Waals surface area contributed by atoms with E-state index in [1.165, 1.54) is 4.57 Å². The minimum absolute atomic E-state index is 0.0480. The molecule has 0 saturated heterocycles. The lowest BCUT2D eigenvalue weighted by Crippen LogP contribution is -2.30. The highest BCUT2D eigenvalue weighted by atomic mass is 32.1. The van der Waals surface area contributed by atoms with Crippen molar-refractivity contribution in [2.75, 3.05) is 5.75 Å². The van der Waals surface area contributed by atoms with Crippen LogP contribution in [0, 0.1) is 0 Å². The van der Waals surface area contributed by atoms with Gasteiger partial charge in [0.25, 0.3) is 0 Å². The molecule has 1 heterocycles. The fourth-order valence-corrected chi connectivity index (χ4v) is 3.67. The predicted molar refractivity (Wildman–Crippen MR) is 90.9 cm³/mol.